The Balaban J connectivity index is 0.00000363. The van der Waals surface area contributed by atoms with E-state index in [1.165, 1.54) is 23.3 Å². The van der Waals surface area contributed by atoms with Gasteiger partial charge in [-0.25, -0.2) is 9.38 Å². The molecule has 3 rings (SSSR count). The molecule has 0 aliphatic carbocycles. The quantitative estimate of drug-likeness (QED) is 0.269. The summed E-state index contributed by atoms with van der Waals surface area (Å²) in [7, 11) is 0. The smallest absolute Gasteiger partial charge is 0.246 e. The zero-order valence-corrected chi connectivity index (χ0v) is 20.9. The summed E-state index contributed by atoms with van der Waals surface area (Å²) >= 11 is 0. The first-order valence-corrected chi connectivity index (χ1v) is 10.8. The number of halogens is 2. The van der Waals surface area contributed by atoms with Gasteiger partial charge in [-0.15, -0.1) is 24.0 Å². The van der Waals surface area contributed by atoms with Gasteiger partial charge in [0, 0.05) is 31.3 Å². The van der Waals surface area contributed by atoms with Crippen molar-refractivity contribution < 1.29 is 13.9 Å². The Hall–Kier alpha value is -2.20. The average molecular weight is 554 g/mol. The number of hydrogen-bond acceptors (Lipinski definition) is 3. The number of carbonyl (C=O) groups excluding carboxylic acids is 1. The summed E-state index contributed by atoms with van der Waals surface area (Å²) in [4.78, 5) is 16.6. The summed E-state index contributed by atoms with van der Waals surface area (Å²) < 4.78 is 19.4. The second-order valence-corrected chi connectivity index (χ2v) is 7.74. The van der Waals surface area contributed by atoms with Crippen molar-refractivity contribution in [3.05, 3.63) is 65.5 Å². The van der Waals surface area contributed by atoms with Gasteiger partial charge >= 0.3 is 0 Å². The van der Waals surface area contributed by atoms with Gasteiger partial charge in [0.1, 0.15) is 12.4 Å². The zero-order chi connectivity index (χ0) is 22.1. The maximum Gasteiger partial charge on any atom is 0.246 e. The standard InChI is InChI=1S/C24H31FN4O2.HI/c1-3-26-24(28-16-22(30)29-21-8-4-7-20(25)14-21)27-15-19-6-5-13-31-23(19)18-11-9-17(2)10-12-18;/h4,7-12,14,19,23H,3,5-6,13,15-16H2,1-2H3,(H,29,30)(H2,26,27,28);1H. The second kappa shape index (κ2) is 13.4. The molecule has 1 heterocycles. The summed E-state index contributed by atoms with van der Waals surface area (Å²) in [6, 6.07) is 14.3. The number of carbonyl (C=O) groups is 1. The number of guanidine groups is 1. The molecule has 1 amide bonds. The van der Waals surface area contributed by atoms with Crippen molar-refractivity contribution in [3.8, 4) is 0 Å². The van der Waals surface area contributed by atoms with E-state index in [-0.39, 0.29) is 42.5 Å². The van der Waals surface area contributed by atoms with Gasteiger partial charge in [0.2, 0.25) is 5.91 Å². The second-order valence-electron chi connectivity index (χ2n) is 7.74. The molecule has 1 fully saturated rings. The van der Waals surface area contributed by atoms with E-state index < -0.39 is 5.82 Å². The molecule has 0 spiro atoms. The molecule has 0 aromatic heterocycles. The van der Waals surface area contributed by atoms with Gasteiger partial charge in [-0.1, -0.05) is 35.9 Å². The number of aryl methyl sites for hydroxylation is 1. The van der Waals surface area contributed by atoms with Gasteiger partial charge < -0.3 is 20.7 Å². The minimum Gasteiger partial charge on any atom is -0.373 e. The minimum absolute atomic E-state index is 0. The van der Waals surface area contributed by atoms with E-state index >= 15 is 0 Å². The van der Waals surface area contributed by atoms with Gasteiger partial charge in [-0.05, 0) is 50.5 Å². The van der Waals surface area contributed by atoms with Crippen molar-refractivity contribution in [2.75, 3.05) is 31.6 Å². The highest BCUT2D eigenvalue weighted by molar-refractivity contribution is 14.0. The predicted molar refractivity (Wildman–Crippen MR) is 137 cm³/mol. The first-order chi connectivity index (χ1) is 15.0. The Bertz CT molecular complexity index is 892. The molecular formula is C24H32FIN4O2. The molecule has 0 bridgehead atoms. The lowest BCUT2D eigenvalue weighted by Crippen LogP contribution is -2.42. The first-order valence-electron chi connectivity index (χ1n) is 10.8. The molecule has 6 nitrogen and oxygen atoms in total. The Morgan fingerprint density at radius 2 is 1.97 bits per heavy atom. The fourth-order valence-electron chi connectivity index (χ4n) is 3.66. The maximum absolute atomic E-state index is 13.3. The van der Waals surface area contributed by atoms with Crippen molar-refractivity contribution in [2.24, 2.45) is 10.9 Å². The number of nitrogens with one attached hydrogen (secondary N) is 3. The van der Waals surface area contributed by atoms with E-state index in [2.05, 4.69) is 52.1 Å². The molecule has 8 heteroatoms. The number of hydrogen-bond donors (Lipinski definition) is 3. The van der Waals surface area contributed by atoms with E-state index in [0.29, 0.717) is 30.7 Å². The lowest BCUT2D eigenvalue weighted by molar-refractivity contribution is -0.114. The first kappa shape index (κ1) is 26.1. The molecule has 174 valence electrons. The van der Waals surface area contributed by atoms with Crippen LogP contribution in [0.15, 0.2) is 53.5 Å². The van der Waals surface area contributed by atoms with Crippen LogP contribution in [0.25, 0.3) is 0 Å². The third-order valence-corrected chi connectivity index (χ3v) is 5.22. The molecule has 3 N–H and O–H groups in total. The molecule has 1 saturated heterocycles. The molecule has 2 aromatic rings. The van der Waals surface area contributed by atoms with E-state index in [9.17, 15) is 9.18 Å². The Labute approximate surface area is 206 Å². The molecular weight excluding hydrogens is 522 g/mol. The van der Waals surface area contributed by atoms with Gasteiger partial charge in [-0.2, -0.15) is 0 Å². The Morgan fingerprint density at radius 3 is 2.69 bits per heavy atom. The van der Waals surface area contributed by atoms with E-state index in [0.717, 1.165) is 19.4 Å². The SMILES string of the molecule is CCNC(=NCC(=O)Nc1cccc(F)c1)NCC1CCCOC1c1ccc(C)cc1.I. The van der Waals surface area contributed by atoms with Crippen LogP contribution in [0.2, 0.25) is 0 Å². The van der Waals surface area contributed by atoms with Gasteiger partial charge in [0.15, 0.2) is 5.96 Å². The van der Waals surface area contributed by atoms with Crippen LogP contribution in [0, 0.1) is 18.7 Å². The number of aliphatic imine (C=N–C) groups is 1. The largest absolute Gasteiger partial charge is 0.373 e. The summed E-state index contributed by atoms with van der Waals surface area (Å²) in [5.41, 5.74) is 2.83. The monoisotopic (exact) mass is 554 g/mol. The van der Waals surface area contributed by atoms with Gasteiger partial charge in [0.05, 0.1) is 6.10 Å². The lowest BCUT2D eigenvalue weighted by Gasteiger charge is -2.32. The number of anilines is 1. The van der Waals surface area contributed by atoms with Crippen molar-refractivity contribution in [3.63, 3.8) is 0 Å². The molecule has 0 saturated carbocycles. The molecule has 1 aliphatic heterocycles. The summed E-state index contributed by atoms with van der Waals surface area (Å²) in [5.74, 6) is 0.182. The average Bonchev–Trinajstić information content (AvgIpc) is 2.76. The van der Waals surface area contributed by atoms with Crippen LogP contribution in [0.1, 0.15) is 37.0 Å². The fraction of sp³-hybridized carbons (Fsp3) is 0.417. The van der Waals surface area contributed by atoms with Crippen molar-refractivity contribution >= 4 is 41.5 Å². The third-order valence-electron chi connectivity index (χ3n) is 5.22. The summed E-state index contributed by atoms with van der Waals surface area (Å²) in [6.07, 6.45) is 2.13. The molecule has 2 atom stereocenters. The Morgan fingerprint density at radius 1 is 1.19 bits per heavy atom. The van der Waals surface area contributed by atoms with E-state index in [1.54, 1.807) is 12.1 Å². The number of rotatable bonds is 7. The van der Waals surface area contributed by atoms with Crippen LogP contribution in [0.3, 0.4) is 0 Å². The Kier molecular flexibility index (Phi) is 10.9. The molecule has 2 aromatic carbocycles. The lowest BCUT2D eigenvalue weighted by atomic mass is 9.89. The molecule has 32 heavy (non-hydrogen) atoms. The van der Waals surface area contributed by atoms with Gasteiger partial charge in [0.25, 0.3) is 0 Å². The van der Waals surface area contributed by atoms with Crippen LogP contribution in [0.4, 0.5) is 10.1 Å². The molecule has 1 aliphatic rings. The zero-order valence-electron chi connectivity index (χ0n) is 18.6. The van der Waals surface area contributed by atoms with Crippen LogP contribution >= 0.6 is 24.0 Å². The van der Waals surface area contributed by atoms with Crippen LogP contribution in [0.5, 0.6) is 0 Å². The van der Waals surface area contributed by atoms with Crippen LogP contribution in [-0.4, -0.2) is 38.1 Å². The number of amides is 1. The normalized spacial score (nSPS) is 18.4. The van der Waals surface area contributed by atoms with Crippen LogP contribution < -0.4 is 16.0 Å². The molecule has 0 radical (unpaired) electrons. The van der Waals surface area contributed by atoms with E-state index in [4.69, 9.17) is 4.74 Å². The summed E-state index contributed by atoms with van der Waals surface area (Å²) in [6.45, 7) is 6.13. The highest BCUT2D eigenvalue weighted by Crippen LogP contribution is 2.33. The summed E-state index contributed by atoms with van der Waals surface area (Å²) in [5, 5.41) is 9.18. The van der Waals surface area contributed by atoms with Crippen molar-refractivity contribution in [2.45, 2.75) is 32.8 Å². The topological polar surface area (TPSA) is 74.8 Å². The third kappa shape index (κ3) is 8.05. The highest BCUT2D eigenvalue weighted by atomic mass is 127. The van der Waals surface area contributed by atoms with Gasteiger partial charge in [-0.3, -0.25) is 4.79 Å². The van der Waals surface area contributed by atoms with E-state index in [1.807, 2.05) is 6.92 Å². The highest BCUT2D eigenvalue weighted by Gasteiger charge is 2.27. The maximum atomic E-state index is 13.3. The number of benzene rings is 2. The minimum atomic E-state index is -0.394. The van der Waals surface area contributed by atoms with Crippen molar-refractivity contribution in [1.82, 2.24) is 10.6 Å². The van der Waals surface area contributed by atoms with Crippen molar-refractivity contribution in [1.29, 1.82) is 0 Å². The molecule has 2 unspecified atom stereocenters. The fourth-order valence-corrected chi connectivity index (χ4v) is 3.66. The van der Waals surface area contributed by atoms with Crippen LogP contribution in [-0.2, 0) is 9.53 Å². The number of ether oxygens (including phenoxy) is 1. The number of nitrogens with zero attached hydrogens (tertiary/aromatic N) is 1. The predicted octanol–water partition coefficient (Wildman–Crippen LogP) is 4.41.